The molecule has 0 aliphatic heterocycles. The van der Waals surface area contributed by atoms with Crippen LogP contribution in [0.3, 0.4) is 0 Å². The lowest BCUT2D eigenvalue weighted by molar-refractivity contribution is 1.30. The number of anilines is 3. The van der Waals surface area contributed by atoms with E-state index in [0.29, 0.717) is 0 Å². The van der Waals surface area contributed by atoms with Gasteiger partial charge in [0.05, 0.1) is 5.69 Å². The van der Waals surface area contributed by atoms with Crippen molar-refractivity contribution in [1.29, 1.82) is 0 Å². The van der Waals surface area contributed by atoms with Crippen molar-refractivity contribution in [2.24, 2.45) is 0 Å². The third-order valence-electron chi connectivity index (χ3n) is 10.1. The predicted octanol–water partition coefficient (Wildman–Crippen LogP) is 13.6. The summed E-state index contributed by atoms with van der Waals surface area (Å²) in [4.78, 5) is 2.41. The lowest BCUT2D eigenvalue weighted by Gasteiger charge is -2.28. The van der Waals surface area contributed by atoms with E-state index in [0.717, 1.165) is 11.4 Å². The summed E-state index contributed by atoms with van der Waals surface area (Å²) in [5.74, 6) is 0. The topological polar surface area (TPSA) is 3.24 Å². The van der Waals surface area contributed by atoms with Gasteiger partial charge in [0.15, 0.2) is 0 Å². The highest BCUT2D eigenvalue weighted by Crippen LogP contribution is 2.51. The van der Waals surface area contributed by atoms with Crippen LogP contribution in [-0.4, -0.2) is 0 Å². The first-order chi connectivity index (χ1) is 24.3. The summed E-state index contributed by atoms with van der Waals surface area (Å²) in [6, 6.07) is 68.7. The van der Waals surface area contributed by atoms with E-state index in [1.807, 2.05) is 0 Å². The molecule has 0 bridgehead atoms. The Morgan fingerprint density at radius 1 is 0.265 bits per heavy atom. The van der Waals surface area contributed by atoms with Crippen LogP contribution in [0.4, 0.5) is 17.1 Å². The molecule has 1 aliphatic carbocycles. The highest BCUT2D eigenvalue weighted by atomic mass is 15.1. The zero-order valence-corrected chi connectivity index (χ0v) is 26.8. The van der Waals surface area contributed by atoms with E-state index < -0.39 is 0 Å². The van der Waals surface area contributed by atoms with Crippen molar-refractivity contribution in [3.8, 4) is 44.5 Å². The zero-order chi connectivity index (χ0) is 32.3. The molecule has 0 radical (unpaired) electrons. The Kier molecular flexibility index (Phi) is 6.25. The Morgan fingerprint density at radius 3 is 1.45 bits per heavy atom. The van der Waals surface area contributed by atoms with Crippen LogP contribution in [-0.2, 0) is 0 Å². The number of rotatable bonds is 5. The predicted molar refractivity (Wildman–Crippen MR) is 209 cm³/mol. The van der Waals surface area contributed by atoms with Crippen molar-refractivity contribution in [2.75, 3.05) is 4.90 Å². The van der Waals surface area contributed by atoms with Crippen molar-refractivity contribution in [3.05, 3.63) is 188 Å². The van der Waals surface area contributed by atoms with Gasteiger partial charge < -0.3 is 4.90 Å². The second kappa shape index (κ2) is 11.1. The molecule has 1 nitrogen and oxygen atoms in total. The lowest BCUT2D eigenvalue weighted by atomic mass is 9.77. The third kappa shape index (κ3) is 4.63. The molecule has 49 heavy (non-hydrogen) atoms. The average molecular weight is 622 g/mol. The van der Waals surface area contributed by atoms with Crippen molar-refractivity contribution in [2.45, 2.75) is 0 Å². The highest BCUT2D eigenvalue weighted by Gasteiger charge is 2.24. The molecule has 0 N–H and O–H groups in total. The van der Waals surface area contributed by atoms with Crippen molar-refractivity contribution >= 4 is 49.4 Å². The van der Waals surface area contributed by atoms with Crippen LogP contribution in [0.5, 0.6) is 0 Å². The van der Waals surface area contributed by atoms with Crippen LogP contribution < -0.4 is 4.90 Å². The molecule has 10 rings (SSSR count). The number of fused-ring (bicyclic) bond motifs is 7. The van der Waals surface area contributed by atoms with Gasteiger partial charge in [0.2, 0.25) is 0 Å². The summed E-state index contributed by atoms with van der Waals surface area (Å²) in [5.41, 5.74) is 13.7. The molecule has 0 amide bonds. The SMILES string of the molecule is c1ccc(-c2ccc(N(c3ccc4cc5c(cc4c3)-c3cc4cc(-c6ccccc6)ccc4cc3-5)c3cccc4ccccc34)cc2)cc1. The molecule has 1 aliphatic rings. The van der Waals surface area contributed by atoms with E-state index in [1.165, 1.54) is 82.5 Å². The second-order valence-electron chi connectivity index (χ2n) is 13.0. The highest BCUT2D eigenvalue weighted by molar-refractivity contribution is 6.12. The van der Waals surface area contributed by atoms with Crippen LogP contribution in [0.2, 0.25) is 0 Å². The minimum atomic E-state index is 1.13. The molecule has 0 heterocycles. The first kappa shape index (κ1) is 27.7. The molecule has 0 spiro atoms. The molecule has 9 aromatic rings. The van der Waals surface area contributed by atoms with Crippen LogP contribution in [0.1, 0.15) is 0 Å². The molecule has 0 unspecified atom stereocenters. The van der Waals surface area contributed by atoms with E-state index in [1.54, 1.807) is 0 Å². The van der Waals surface area contributed by atoms with Crippen LogP contribution in [0.15, 0.2) is 188 Å². The fraction of sp³-hybridized carbons (Fsp3) is 0. The number of hydrogen-bond donors (Lipinski definition) is 0. The number of nitrogens with zero attached hydrogens (tertiary/aromatic N) is 1. The Labute approximate surface area is 286 Å². The Morgan fingerprint density at radius 2 is 0.755 bits per heavy atom. The second-order valence-corrected chi connectivity index (χ2v) is 13.0. The molecule has 0 aromatic heterocycles. The summed E-state index contributed by atoms with van der Waals surface area (Å²) in [6.07, 6.45) is 0. The molecule has 228 valence electrons. The van der Waals surface area contributed by atoms with Gasteiger partial charge in [-0.15, -0.1) is 0 Å². The fourth-order valence-electron chi connectivity index (χ4n) is 7.63. The van der Waals surface area contributed by atoms with Gasteiger partial charge in [-0.3, -0.25) is 0 Å². The molecule has 9 aromatic carbocycles. The Bertz CT molecular complexity index is 2680. The van der Waals surface area contributed by atoms with Gasteiger partial charge in [-0.05, 0) is 132 Å². The van der Waals surface area contributed by atoms with E-state index in [2.05, 4.69) is 193 Å². The first-order valence-electron chi connectivity index (χ1n) is 16.9. The monoisotopic (exact) mass is 621 g/mol. The summed E-state index contributed by atoms with van der Waals surface area (Å²) >= 11 is 0. The Hall–Kier alpha value is -6.44. The van der Waals surface area contributed by atoms with E-state index in [-0.39, 0.29) is 0 Å². The first-order valence-corrected chi connectivity index (χ1v) is 16.9. The zero-order valence-electron chi connectivity index (χ0n) is 26.8. The van der Waals surface area contributed by atoms with E-state index in [4.69, 9.17) is 0 Å². The lowest BCUT2D eigenvalue weighted by Crippen LogP contribution is -2.10. The molecule has 0 saturated heterocycles. The van der Waals surface area contributed by atoms with E-state index in [9.17, 15) is 0 Å². The third-order valence-corrected chi connectivity index (χ3v) is 10.1. The summed E-state index contributed by atoms with van der Waals surface area (Å²) in [6.45, 7) is 0. The van der Waals surface area contributed by atoms with Gasteiger partial charge in [0, 0.05) is 16.8 Å². The van der Waals surface area contributed by atoms with Crippen molar-refractivity contribution in [3.63, 3.8) is 0 Å². The maximum absolute atomic E-state index is 2.41. The maximum Gasteiger partial charge on any atom is 0.0540 e. The van der Waals surface area contributed by atoms with Gasteiger partial charge in [-0.25, -0.2) is 0 Å². The van der Waals surface area contributed by atoms with E-state index >= 15 is 0 Å². The summed E-state index contributed by atoms with van der Waals surface area (Å²) in [5, 5.41) is 7.51. The van der Waals surface area contributed by atoms with Gasteiger partial charge in [0.25, 0.3) is 0 Å². The molecule has 1 heteroatoms. The largest absolute Gasteiger partial charge is 0.310 e. The average Bonchev–Trinajstić information content (AvgIpc) is 3.17. The summed E-state index contributed by atoms with van der Waals surface area (Å²) in [7, 11) is 0. The minimum absolute atomic E-state index is 1.13. The number of benzene rings is 9. The van der Waals surface area contributed by atoms with Gasteiger partial charge in [-0.1, -0.05) is 127 Å². The maximum atomic E-state index is 2.41. The molecule has 0 fully saturated rings. The molecular weight excluding hydrogens is 591 g/mol. The van der Waals surface area contributed by atoms with Gasteiger partial charge >= 0.3 is 0 Å². The van der Waals surface area contributed by atoms with Gasteiger partial charge in [0.1, 0.15) is 0 Å². The summed E-state index contributed by atoms with van der Waals surface area (Å²) < 4.78 is 0. The van der Waals surface area contributed by atoms with Crippen molar-refractivity contribution < 1.29 is 0 Å². The quantitative estimate of drug-likeness (QED) is 0.185. The standard InChI is InChI=1S/C48H31N/c1-3-10-32(11-4-1)34-20-23-41(24-21-34)49(48-17-9-15-35-14-7-8-16-43(35)48)42-25-22-38-29-45-44-28-37-19-18-36(33-12-5-2-6-13-33)26-39(37)30-46(44)47(45)31-40(38)27-42/h1-31H. The van der Waals surface area contributed by atoms with Crippen LogP contribution >= 0.6 is 0 Å². The van der Waals surface area contributed by atoms with Crippen LogP contribution in [0.25, 0.3) is 76.8 Å². The molecule has 0 saturated carbocycles. The minimum Gasteiger partial charge on any atom is -0.310 e. The van der Waals surface area contributed by atoms with Crippen LogP contribution in [0, 0.1) is 0 Å². The fourth-order valence-corrected chi connectivity index (χ4v) is 7.63. The normalized spacial score (nSPS) is 11.7. The smallest absolute Gasteiger partial charge is 0.0540 e. The van der Waals surface area contributed by atoms with Gasteiger partial charge in [-0.2, -0.15) is 0 Å². The Balaban J connectivity index is 1.09. The van der Waals surface area contributed by atoms with Crippen molar-refractivity contribution in [1.82, 2.24) is 0 Å². The number of hydrogen-bond acceptors (Lipinski definition) is 1. The molecule has 0 atom stereocenters. The molecular formula is C48H31N.